The van der Waals surface area contributed by atoms with Crippen LogP contribution in [0.3, 0.4) is 0 Å². The SMILES string of the molecule is O=C(NCC1(C(=O)O)CC1)Nc1nnns1. The fourth-order valence-corrected chi connectivity index (χ4v) is 1.55. The minimum atomic E-state index is -0.870. The quantitative estimate of drug-likeness (QED) is 0.680. The van der Waals surface area contributed by atoms with E-state index in [4.69, 9.17) is 5.11 Å². The van der Waals surface area contributed by atoms with Gasteiger partial charge in [0.25, 0.3) is 0 Å². The molecular weight excluding hydrogens is 234 g/mol. The van der Waals surface area contributed by atoms with Gasteiger partial charge in [-0.15, -0.1) is 0 Å². The Bertz CT molecular complexity index is 402. The smallest absolute Gasteiger partial charge is 0.321 e. The van der Waals surface area contributed by atoms with Crippen LogP contribution in [-0.4, -0.2) is 38.5 Å². The van der Waals surface area contributed by atoms with E-state index >= 15 is 0 Å². The van der Waals surface area contributed by atoms with Crippen molar-refractivity contribution in [1.29, 1.82) is 0 Å². The van der Waals surface area contributed by atoms with Crippen LogP contribution in [0.1, 0.15) is 12.8 Å². The van der Waals surface area contributed by atoms with Crippen molar-refractivity contribution in [3.8, 4) is 0 Å². The first-order chi connectivity index (χ1) is 7.62. The van der Waals surface area contributed by atoms with Crippen LogP contribution < -0.4 is 10.6 Å². The Morgan fingerprint density at radius 3 is 2.75 bits per heavy atom. The maximum Gasteiger partial charge on any atom is 0.321 e. The van der Waals surface area contributed by atoms with Crippen molar-refractivity contribution in [2.24, 2.45) is 5.41 Å². The highest BCUT2D eigenvalue weighted by Crippen LogP contribution is 2.45. The van der Waals surface area contributed by atoms with Crippen LogP contribution in [0.2, 0.25) is 0 Å². The molecule has 0 aromatic carbocycles. The van der Waals surface area contributed by atoms with Crippen molar-refractivity contribution < 1.29 is 14.7 Å². The lowest BCUT2D eigenvalue weighted by atomic mass is 10.1. The van der Waals surface area contributed by atoms with Crippen LogP contribution in [0.4, 0.5) is 9.93 Å². The van der Waals surface area contributed by atoms with Crippen LogP contribution in [0.25, 0.3) is 0 Å². The van der Waals surface area contributed by atoms with Gasteiger partial charge in [0.15, 0.2) is 0 Å². The summed E-state index contributed by atoms with van der Waals surface area (Å²) in [5.41, 5.74) is -0.767. The highest BCUT2D eigenvalue weighted by atomic mass is 32.1. The Morgan fingerprint density at radius 2 is 2.25 bits per heavy atom. The molecule has 0 spiro atoms. The number of carbonyl (C=O) groups excluding carboxylic acids is 1. The van der Waals surface area contributed by atoms with Gasteiger partial charge in [-0.2, -0.15) is 0 Å². The second-order valence-corrected chi connectivity index (χ2v) is 4.29. The van der Waals surface area contributed by atoms with Gasteiger partial charge in [0.05, 0.1) is 5.41 Å². The third kappa shape index (κ3) is 2.24. The Balaban J connectivity index is 1.78. The topological polar surface area (TPSA) is 117 Å². The maximum atomic E-state index is 11.3. The molecule has 0 bridgehead atoms. The molecule has 0 aliphatic heterocycles. The molecule has 1 aliphatic rings. The summed E-state index contributed by atoms with van der Waals surface area (Å²) in [5.74, 6) is -0.870. The first-order valence-electron chi connectivity index (χ1n) is 4.56. The predicted molar refractivity (Wildman–Crippen MR) is 54.0 cm³/mol. The number of amides is 2. The molecule has 1 aromatic heterocycles. The van der Waals surface area contributed by atoms with Crippen LogP contribution in [-0.2, 0) is 4.79 Å². The third-order valence-corrected chi connectivity index (χ3v) is 2.93. The number of hydrogen-bond acceptors (Lipinski definition) is 6. The van der Waals surface area contributed by atoms with E-state index in [1.165, 1.54) is 0 Å². The molecule has 16 heavy (non-hydrogen) atoms. The summed E-state index contributed by atoms with van der Waals surface area (Å²) >= 11 is 0.946. The summed E-state index contributed by atoms with van der Waals surface area (Å²) in [7, 11) is 0. The fourth-order valence-electron chi connectivity index (χ4n) is 1.19. The number of carbonyl (C=O) groups is 2. The molecule has 1 saturated carbocycles. The number of carboxylic acid groups (broad SMARTS) is 1. The Labute approximate surface area is 94.2 Å². The van der Waals surface area contributed by atoms with Crippen LogP contribution in [0.15, 0.2) is 0 Å². The largest absolute Gasteiger partial charge is 0.481 e. The lowest BCUT2D eigenvalue weighted by Gasteiger charge is -2.10. The third-order valence-electron chi connectivity index (χ3n) is 2.41. The molecular formula is C7H9N5O3S. The van der Waals surface area contributed by atoms with E-state index in [1.807, 2.05) is 0 Å². The summed E-state index contributed by atoms with van der Waals surface area (Å²) in [6, 6.07) is -0.494. The summed E-state index contributed by atoms with van der Waals surface area (Å²) in [6.07, 6.45) is 1.20. The van der Waals surface area contributed by atoms with Crippen molar-refractivity contribution in [1.82, 2.24) is 20.1 Å². The molecule has 86 valence electrons. The van der Waals surface area contributed by atoms with E-state index in [1.54, 1.807) is 0 Å². The molecule has 1 fully saturated rings. The average molecular weight is 243 g/mol. The van der Waals surface area contributed by atoms with Gasteiger partial charge in [0.1, 0.15) is 0 Å². The molecule has 8 nitrogen and oxygen atoms in total. The zero-order valence-electron chi connectivity index (χ0n) is 8.13. The predicted octanol–water partition coefficient (Wildman–Crippen LogP) is -0.0806. The lowest BCUT2D eigenvalue weighted by molar-refractivity contribution is -0.143. The average Bonchev–Trinajstić information content (AvgIpc) is 2.88. The number of rotatable bonds is 4. The Morgan fingerprint density at radius 1 is 1.50 bits per heavy atom. The van der Waals surface area contributed by atoms with Gasteiger partial charge in [0.2, 0.25) is 5.13 Å². The summed E-state index contributed by atoms with van der Waals surface area (Å²) in [6.45, 7) is 0.125. The summed E-state index contributed by atoms with van der Waals surface area (Å²) < 4.78 is 3.47. The van der Waals surface area contributed by atoms with Crippen molar-refractivity contribution >= 4 is 28.7 Å². The zero-order valence-corrected chi connectivity index (χ0v) is 8.95. The van der Waals surface area contributed by atoms with Gasteiger partial charge < -0.3 is 10.4 Å². The van der Waals surface area contributed by atoms with Crippen molar-refractivity contribution in [2.45, 2.75) is 12.8 Å². The van der Waals surface area contributed by atoms with E-state index in [0.29, 0.717) is 12.8 Å². The van der Waals surface area contributed by atoms with E-state index < -0.39 is 17.4 Å². The van der Waals surface area contributed by atoms with Gasteiger partial charge in [-0.1, -0.05) is 9.59 Å². The number of nitrogens with one attached hydrogen (secondary N) is 2. The number of carboxylic acids is 1. The highest BCUT2D eigenvalue weighted by Gasteiger charge is 2.50. The number of nitrogens with zero attached hydrogens (tertiary/aromatic N) is 3. The molecule has 2 amide bonds. The molecule has 0 atom stereocenters. The molecule has 0 radical (unpaired) electrons. The second kappa shape index (κ2) is 4.00. The molecule has 0 saturated heterocycles. The highest BCUT2D eigenvalue weighted by molar-refractivity contribution is 7.09. The molecule has 1 aliphatic carbocycles. The lowest BCUT2D eigenvalue weighted by Crippen LogP contribution is -2.36. The van der Waals surface area contributed by atoms with Gasteiger partial charge in [-0.25, -0.2) is 4.79 Å². The summed E-state index contributed by atoms with van der Waals surface area (Å²) in [4.78, 5) is 22.1. The van der Waals surface area contributed by atoms with E-state index in [9.17, 15) is 9.59 Å². The second-order valence-electron chi connectivity index (χ2n) is 3.56. The molecule has 2 rings (SSSR count). The number of urea groups is 1. The minimum Gasteiger partial charge on any atom is -0.481 e. The van der Waals surface area contributed by atoms with Crippen molar-refractivity contribution in [3.63, 3.8) is 0 Å². The minimum absolute atomic E-state index is 0.125. The molecule has 0 unspecified atom stereocenters. The van der Waals surface area contributed by atoms with Crippen molar-refractivity contribution in [2.75, 3.05) is 11.9 Å². The zero-order chi connectivity index (χ0) is 11.6. The molecule has 1 aromatic rings. The van der Waals surface area contributed by atoms with Gasteiger partial charge in [-0.3, -0.25) is 10.1 Å². The number of anilines is 1. The van der Waals surface area contributed by atoms with Gasteiger partial charge >= 0.3 is 12.0 Å². The monoisotopic (exact) mass is 243 g/mol. The van der Waals surface area contributed by atoms with Gasteiger partial charge in [-0.05, 0) is 18.1 Å². The van der Waals surface area contributed by atoms with Crippen LogP contribution >= 0.6 is 11.5 Å². The first-order valence-corrected chi connectivity index (χ1v) is 5.33. The Kier molecular flexibility index (Phi) is 2.69. The standard InChI is InChI=1S/C7H9N5O3S/c13-4(14)7(1-2-7)3-8-5(15)9-6-10-11-12-16-6/h1-3H2,(H,13,14)(H2,8,9,10,12,15). The normalized spacial score (nSPS) is 16.5. The number of hydrogen-bond donors (Lipinski definition) is 3. The van der Waals surface area contributed by atoms with E-state index in [0.717, 1.165) is 11.5 Å². The first kappa shape index (κ1) is 10.7. The van der Waals surface area contributed by atoms with Gasteiger partial charge in [0, 0.05) is 18.1 Å². The van der Waals surface area contributed by atoms with E-state index in [2.05, 4.69) is 25.4 Å². The molecule has 3 N–H and O–H groups in total. The molecule has 1 heterocycles. The van der Waals surface area contributed by atoms with Crippen LogP contribution in [0, 0.1) is 5.41 Å². The maximum absolute atomic E-state index is 11.3. The van der Waals surface area contributed by atoms with Crippen molar-refractivity contribution in [3.05, 3.63) is 0 Å². The Hall–Kier alpha value is -1.77. The number of aliphatic carboxylic acids is 1. The fraction of sp³-hybridized carbons (Fsp3) is 0.571. The van der Waals surface area contributed by atoms with E-state index in [-0.39, 0.29) is 11.7 Å². The molecule has 9 heteroatoms. The number of aromatic nitrogens is 3. The summed E-state index contributed by atoms with van der Waals surface area (Å²) in [5, 5.41) is 20.9. The van der Waals surface area contributed by atoms with Crippen LogP contribution in [0.5, 0.6) is 0 Å².